The van der Waals surface area contributed by atoms with Crippen molar-refractivity contribution in [1.82, 2.24) is 15.5 Å². The first-order valence-corrected chi connectivity index (χ1v) is 10.7. The van der Waals surface area contributed by atoms with Crippen molar-refractivity contribution in [3.63, 3.8) is 0 Å². The van der Waals surface area contributed by atoms with Crippen molar-refractivity contribution >= 4 is 28.6 Å². The van der Waals surface area contributed by atoms with Crippen LogP contribution >= 0.6 is 22.7 Å². The minimum absolute atomic E-state index is 0.0474. The van der Waals surface area contributed by atoms with Gasteiger partial charge in [0.1, 0.15) is 0 Å². The van der Waals surface area contributed by atoms with E-state index in [1.165, 1.54) is 30.6 Å². The third kappa shape index (κ3) is 4.04. The molecule has 1 atom stereocenters. The van der Waals surface area contributed by atoms with E-state index in [4.69, 9.17) is 4.52 Å². The topological polar surface area (TPSA) is 68.0 Å². The zero-order valence-corrected chi connectivity index (χ0v) is 16.0. The van der Waals surface area contributed by atoms with Gasteiger partial charge >= 0.3 is 0 Å². The summed E-state index contributed by atoms with van der Waals surface area (Å²) in [6.07, 6.45) is 5.73. The van der Waals surface area contributed by atoms with Gasteiger partial charge in [-0.1, -0.05) is 30.1 Å². The van der Waals surface area contributed by atoms with E-state index in [9.17, 15) is 4.79 Å². The highest BCUT2D eigenvalue weighted by molar-refractivity contribution is 7.13. The Morgan fingerprint density at radius 3 is 2.77 bits per heavy atom. The second-order valence-electron chi connectivity index (χ2n) is 6.59. The van der Waals surface area contributed by atoms with E-state index in [-0.39, 0.29) is 11.9 Å². The van der Waals surface area contributed by atoms with E-state index in [2.05, 4.69) is 33.0 Å². The summed E-state index contributed by atoms with van der Waals surface area (Å²) < 4.78 is 5.28. The van der Waals surface area contributed by atoms with Crippen LogP contribution in [-0.2, 0) is 11.2 Å². The lowest BCUT2D eigenvalue weighted by atomic mass is 9.96. The average molecular weight is 388 g/mol. The lowest BCUT2D eigenvalue weighted by molar-refractivity contribution is -0.122. The van der Waals surface area contributed by atoms with Gasteiger partial charge in [0.2, 0.25) is 17.6 Å². The molecule has 4 rings (SSSR count). The van der Waals surface area contributed by atoms with Crippen LogP contribution in [0, 0.1) is 5.92 Å². The molecule has 0 spiro atoms. The van der Waals surface area contributed by atoms with Gasteiger partial charge in [-0.15, -0.1) is 22.7 Å². The lowest BCUT2D eigenvalue weighted by Gasteiger charge is -2.23. The average Bonchev–Trinajstić information content (AvgIpc) is 3.44. The number of amides is 1. The van der Waals surface area contributed by atoms with Crippen molar-refractivity contribution < 1.29 is 9.32 Å². The Hall–Kier alpha value is -1.99. The second-order valence-corrected chi connectivity index (χ2v) is 8.52. The predicted molar refractivity (Wildman–Crippen MR) is 103 cm³/mol. The molecule has 0 saturated heterocycles. The Bertz CT molecular complexity index is 821. The predicted octanol–water partition coefficient (Wildman–Crippen LogP) is 4.84. The van der Waals surface area contributed by atoms with Crippen LogP contribution < -0.4 is 5.32 Å². The Morgan fingerprint density at radius 2 is 2.04 bits per heavy atom. The molecular formula is C19H21N3O2S2. The molecule has 26 heavy (non-hydrogen) atoms. The second kappa shape index (κ2) is 8.14. The SMILES string of the molecule is O=C(CCc1nc(-c2cccs2)no1)NC(c1cccs1)C1CCCC1. The van der Waals surface area contributed by atoms with Crippen LogP contribution in [0.3, 0.4) is 0 Å². The molecule has 0 radical (unpaired) electrons. The van der Waals surface area contributed by atoms with Crippen LogP contribution in [0.4, 0.5) is 0 Å². The summed E-state index contributed by atoms with van der Waals surface area (Å²) in [5.41, 5.74) is 0. The van der Waals surface area contributed by atoms with Gasteiger partial charge in [0.05, 0.1) is 10.9 Å². The minimum Gasteiger partial charge on any atom is -0.348 e. The maximum atomic E-state index is 12.5. The Labute approximate surface area is 160 Å². The highest BCUT2D eigenvalue weighted by atomic mass is 32.1. The molecule has 3 aromatic heterocycles. The monoisotopic (exact) mass is 387 g/mol. The molecule has 0 aromatic carbocycles. The third-order valence-electron chi connectivity index (χ3n) is 4.81. The first-order chi connectivity index (χ1) is 12.8. The molecular weight excluding hydrogens is 366 g/mol. The number of hydrogen-bond acceptors (Lipinski definition) is 6. The molecule has 3 aromatic rings. The molecule has 1 saturated carbocycles. The van der Waals surface area contributed by atoms with Crippen molar-refractivity contribution in [3.05, 3.63) is 45.8 Å². The van der Waals surface area contributed by atoms with E-state index >= 15 is 0 Å². The number of nitrogens with one attached hydrogen (secondary N) is 1. The summed E-state index contributed by atoms with van der Waals surface area (Å²) in [7, 11) is 0. The smallest absolute Gasteiger partial charge is 0.227 e. The number of aryl methyl sites for hydroxylation is 1. The van der Waals surface area contributed by atoms with E-state index in [1.807, 2.05) is 17.5 Å². The first-order valence-electron chi connectivity index (χ1n) is 8.99. The summed E-state index contributed by atoms with van der Waals surface area (Å²) in [6.45, 7) is 0. The Kier molecular flexibility index (Phi) is 5.45. The third-order valence-corrected chi connectivity index (χ3v) is 6.63. The summed E-state index contributed by atoms with van der Waals surface area (Å²) in [4.78, 5) is 19.1. The fourth-order valence-electron chi connectivity index (χ4n) is 3.51. The maximum Gasteiger partial charge on any atom is 0.227 e. The fourth-order valence-corrected chi connectivity index (χ4v) is 5.03. The van der Waals surface area contributed by atoms with Gasteiger partial charge in [-0.3, -0.25) is 4.79 Å². The molecule has 0 bridgehead atoms. The summed E-state index contributed by atoms with van der Waals surface area (Å²) in [5, 5.41) is 11.3. The zero-order valence-electron chi connectivity index (χ0n) is 14.4. The van der Waals surface area contributed by atoms with Crippen LogP contribution in [0.2, 0.25) is 0 Å². The number of thiophene rings is 2. The molecule has 1 unspecified atom stereocenters. The van der Waals surface area contributed by atoms with Gasteiger partial charge in [0.15, 0.2) is 0 Å². The molecule has 0 aliphatic heterocycles. The van der Waals surface area contributed by atoms with E-state index in [0.29, 0.717) is 30.5 Å². The van der Waals surface area contributed by atoms with Crippen LogP contribution in [0.15, 0.2) is 39.5 Å². The van der Waals surface area contributed by atoms with Crippen LogP contribution in [0.5, 0.6) is 0 Å². The van der Waals surface area contributed by atoms with Crippen LogP contribution in [0.1, 0.15) is 48.9 Å². The fraction of sp³-hybridized carbons (Fsp3) is 0.421. The normalized spacial score (nSPS) is 16.0. The number of hydrogen-bond donors (Lipinski definition) is 1. The quantitative estimate of drug-likeness (QED) is 0.630. The molecule has 7 heteroatoms. The van der Waals surface area contributed by atoms with Crippen molar-refractivity contribution in [3.8, 4) is 10.7 Å². The highest BCUT2D eigenvalue weighted by Crippen LogP contribution is 2.37. The maximum absolute atomic E-state index is 12.5. The molecule has 3 heterocycles. The summed E-state index contributed by atoms with van der Waals surface area (Å²) in [6, 6.07) is 8.23. The highest BCUT2D eigenvalue weighted by Gasteiger charge is 2.28. The van der Waals surface area contributed by atoms with E-state index < -0.39 is 0 Å². The number of nitrogens with zero attached hydrogens (tertiary/aromatic N) is 2. The molecule has 1 aliphatic carbocycles. The van der Waals surface area contributed by atoms with Crippen molar-refractivity contribution in [1.29, 1.82) is 0 Å². The minimum atomic E-state index is 0.0474. The largest absolute Gasteiger partial charge is 0.348 e. The van der Waals surface area contributed by atoms with Gasteiger partial charge in [0, 0.05) is 17.7 Å². The molecule has 1 N–H and O–H groups in total. The van der Waals surface area contributed by atoms with Crippen molar-refractivity contribution in [2.24, 2.45) is 5.92 Å². The van der Waals surface area contributed by atoms with Crippen LogP contribution in [0.25, 0.3) is 10.7 Å². The zero-order chi connectivity index (χ0) is 17.8. The summed E-state index contributed by atoms with van der Waals surface area (Å²) >= 11 is 3.29. The standard InChI is InChI=1S/C19H21N3O2S2/c23-16(9-10-17-21-19(22-24-17)15-8-4-12-26-15)20-18(13-5-1-2-6-13)14-7-3-11-25-14/h3-4,7-8,11-13,18H,1-2,5-6,9-10H2,(H,20,23). The lowest BCUT2D eigenvalue weighted by Crippen LogP contribution is -2.32. The molecule has 1 amide bonds. The van der Waals surface area contributed by atoms with E-state index in [1.54, 1.807) is 22.7 Å². The van der Waals surface area contributed by atoms with Crippen molar-refractivity contribution in [2.45, 2.75) is 44.6 Å². The number of carbonyl (C=O) groups is 1. The molecule has 1 aliphatic rings. The van der Waals surface area contributed by atoms with Gasteiger partial charge in [0.25, 0.3) is 0 Å². The molecule has 136 valence electrons. The van der Waals surface area contributed by atoms with E-state index in [0.717, 1.165) is 4.88 Å². The Morgan fingerprint density at radius 1 is 1.23 bits per heavy atom. The Balaban J connectivity index is 1.35. The van der Waals surface area contributed by atoms with Crippen LogP contribution in [-0.4, -0.2) is 16.0 Å². The molecule has 5 nitrogen and oxygen atoms in total. The number of carbonyl (C=O) groups excluding carboxylic acids is 1. The molecule has 1 fully saturated rings. The number of rotatable bonds is 7. The number of aromatic nitrogens is 2. The van der Waals surface area contributed by atoms with Gasteiger partial charge < -0.3 is 9.84 Å². The summed E-state index contributed by atoms with van der Waals surface area (Å²) in [5.74, 6) is 1.70. The first kappa shape index (κ1) is 17.4. The van der Waals surface area contributed by atoms with Gasteiger partial charge in [-0.05, 0) is 41.7 Å². The van der Waals surface area contributed by atoms with Gasteiger partial charge in [-0.25, -0.2) is 0 Å². The van der Waals surface area contributed by atoms with Crippen molar-refractivity contribution in [2.75, 3.05) is 0 Å². The van der Waals surface area contributed by atoms with Gasteiger partial charge in [-0.2, -0.15) is 4.98 Å².